The lowest BCUT2D eigenvalue weighted by Crippen LogP contribution is -2.42. The summed E-state index contributed by atoms with van der Waals surface area (Å²) in [4.78, 5) is 10.9. The molecular weight excluding hydrogens is 232 g/mol. The van der Waals surface area contributed by atoms with E-state index in [9.17, 15) is 0 Å². The number of rotatable bonds is 3. The fourth-order valence-corrected chi connectivity index (χ4v) is 3.52. The smallest absolute Gasteiger partial charge is 0.185 e. The third kappa shape index (κ3) is 2.78. The average molecular weight is 252 g/mol. The maximum Gasteiger partial charge on any atom is 0.185 e. The minimum absolute atomic E-state index is 1.08. The third-order valence-corrected chi connectivity index (χ3v) is 4.55. The number of anilines is 1. The van der Waals surface area contributed by atoms with Gasteiger partial charge in [0.15, 0.2) is 5.13 Å². The van der Waals surface area contributed by atoms with Crippen molar-refractivity contribution in [2.45, 2.75) is 19.4 Å². The fourth-order valence-electron chi connectivity index (χ4n) is 2.51. The van der Waals surface area contributed by atoms with Gasteiger partial charge in [0, 0.05) is 56.9 Å². The molecule has 0 radical (unpaired) electrons. The molecule has 1 aromatic rings. The maximum atomic E-state index is 4.57. The fraction of sp³-hybridized carbons (Fsp3) is 0.750. The summed E-state index contributed by atoms with van der Waals surface area (Å²) in [5.41, 5.74) is 0. The van der Waals surface area contributed by atoms with E-state index in [4.69, 9.17) is 0 Å². The Morgan fingerprint density at radius 2 is 1.94 bits per heavy atom. The van der Waals surface area contributed by atoms with Gasteiger partial charge in [-0.2, -0.15) is 0 Å². The van der Waals surface area contributed by atoms with Gasteiger partial charge in [0.05, 0.1) is 0 Å². The second kappa shape index (κ2) is 5.33. The Balaban J connectivity index is 1.59. The lowest BCUT2D eigenvalue weighted by atomic mass is 10.3. The van der Waals surface area contributed by atoms with Crippen LogP contribution >= 0.6 is 11.3 Å². The topological polar surface area (TPSA) is 31.4 Å². The Labute approximate surface area is 107 Å². The van der Waals surface area contributed by atoms with Gasteiger partial charge in [-0.25, -0.2) is 4.98 Å². The second-order valence-corrected chi connectivity index (χ2v) is 5.92. The molecule has 2 fully saturated rings. The highest BCUT2D eigenvalue weighted by Crippen LogP contribution is 2.26. The first kappa shape index (κ1) is 11.4. The Bertz CT molecular complexity index is 353. The number of aromatic nitrogens is 1. The van der Waals surface area contributed by atoms with Crippen LogP contribution in [0.1, 0.15) is 17.7 Å². The molecule has 0 unspecified atom stereocenters. The molecule has 17 heavy (non-hydrogen) atoms. The van der Waals surface area contributed by atoms with E-state index in [1.54, 1.807) is 0 Å². The predicted molar refractivity (Wildman–Crippen MR) is 71.7 cm³/mol. The highest BCUT2D eigenvalue weighted by molar-refractivity contribution is 7.15. The van der Waals surface area contributed by atoms with Gasteiger partial charge in [-0.15, -0.1) is 11.3 Å². The van der Waals surface area contributed by atoms with Gasteiger partial charge in [-0.3, -0.25) is 4.90 Å². The van der Waals surface area contributed by atoms with Gasteiger partial charge >= 0.3 is 0 Å². The summed E-state index contributed by atoms with van der Waals surface area (Å²) in [5.74, 6) is 0. The van der Waals surface area contributed by atoms with E-state index in [-0.39, 0.29) is 0 Å². The summed E-state index contributed by atoms with van der Waals surface area (Å²) < 4.78 is 0. The zero-order valence-electron chi connectivity index (χ0n) is 10.2. The van der Waals surface area contributed by atoms with Crippen LogP contribution < -0.4 is 10.2 Å². The molecule has 4 nitrogen and oxygen atoms in total. The van der Waals surface area contributed by atoms with Gasteiger partial charge in [-0.1, -0.05) is 0 Å². The van der Waals surface area contributed by atoms with Crippen molar-refractivity contribution < 1.29 is 0 Å². The van der Waals surface area contributed by atoms with Crippen LogP contribution in [-0.2, 0) is 6.54 Å². The highest BCUT2D eigenvalue weighted by Gasteiger charge is 2.17. The molecule has 0 aromatic carbocycles. The van der Waals surface area contributed by atoms with Crippen LogP contribution in [0.25, 0.3) is 0 Å². The van der Waals surface area contributed by atoms with Gasteiger partial charge in [-0.05, 0) is 12.8 Å². The molecule has 0 saturated carbocycles. The SMILES string of the molecule is c1nc(N2CCCC2)sc1CN1CCNCC1. The van der Waals surface area contributed by atoms with Crippen molar-refractivity contribution in [1.82, 2.24) is 15.2 Å². The maximum absolute atomic E-state index is 4.57. The summed E-state index contributed by atoms with van der Waals surface area (Å²) >= 11 is 1.88. The molecule has 5 heteroatoms. The van der Waals surface area contributed by atoms with E-state index in [1.807, 2.05) is 11.3 Å². The molecule has 1 aromatic heterocycles. The second-order valence-electron chi connectivity index (χ2n) is 4.83. The first-order valence-electron chi connectivity index (χ1n) is 6.54. The zero-order valence-corrected chi connectivity index (χ0v) is 11.0. The summed E-state index contributed by atoms with van der Waals surface area (Å²) in [7, 11) is 0. The quantitative estimate of drug-likeness (QED) is 0.874. The molecule has 2 aliphatic heterocycles. The van der Waals surface area contributed by atoms with Gasteiger partial charge < -0.3 is 10.2 Å². The van der Waals surface area contributed by atoms with Crippen molar-refractivity contribution in [3.63, 3.8) is 0 Å². The van der Waals surface area contributed by atoms with Crippen LogP contribution in [0.15, 0.2) is 6.20 Å². The van der Waals surface area contributed by atoms with Crippen molar-refractivity contribution in [2.24, 2.45) is 0 Å². The number of hydrogen-bond acceptors (Lipinski definition) is 5. The summed E-state index contributed by atoms with van der Waals surface area (Å²) in [6.07, 6.45) is 4.72. The minimum atomic E-state index is 1.08. The summed E-state index contributed by atoms with van der Waals surface area (Å²) in [6, 6.07) is 0. The van der Waals surface area contributed by atoms with Crippen molar-refractivity contribution in [3.05, 3.63) is 11.1 Å². The molecule has 1 N–H and O–H groups in total. The Morgan fingerprint density at radius 3 is 2.71 bits per heavy atom. The van der Waals surface area contributed by atoms with Crippen LogP contribution in [0.3, 0.4) is 0 Å². The minimum Gasteiger partial charge on any atom is -0.348 e. The lowest BCUT2D eigenvalue weighted by molar-refractivity contribution is 0.235. The standard InChI is InChI=1S/C12H20N4S/c1-2-6-16(5-1)12-14-9-11(17-12)10-15-7-3-13-4-8-15/h9,13H,1-8,10H2. The number of nitrogens with zero attached hydrogens (tertiary/aromatic N) is 3. The van der Waals surface area contributed by atoms with Gasteiger partial charge in [0.2, 0.25) is 0 Å². The van der Waals surface area contributed by atoms with Crippen LogP contribution in [0.4, 0.5) is 5.13 Å². The molecule has 3 heterocycles. The molecule has 94 valence electrons. The first-order chi connectivity index (χ1) is 8.42. The Hall–Kier alpha value is -0.650. The molecular formula is C12H20N4S. The predicted octanol–water partition coefficient (Wildman–Crippen LogP) is 1.15. The van der Waals surface area contributed by atoms with Crippen molar-refractivity contribution in [3.8, 4) is 0 Å². The molecule has 0 amide bonds. The van der Waals surface area contributed by atoms with E-state index in [0.717, 1.165) is 32.7 Å². The van der Waals surface area contributed by atoms with E-state index in [1.165, 1.54) is 35.9 Å². The van der Waals surface area contributed by atoms with Crippen molar-refractivity contribution >= 4 is 16.5 Å². The van der Waals surface area contributed by atoms with Gasteiger partial charge in [0.1, 0.15) is 0 Å². The van der Waals surface area contributed by atoms with E-state index < -0.39 is 0 Å². The molecule has 0 spiro atoms. The number of thiazole rings is 1. The average Bonchev–Trinajstić information content (AvgIpc) is 3.00. The number of nitrogens with one attached hydrogen (secondary N) is 1. The molecule has 2 saturated heterocycles. The first-order valence-corrected chi connectivity index (χ1v) is 7.36. The normalized spacial score (nSPS) is 22.2. The van der Waals surface area contributed by atoms with E-state index >= 15 is 0 Å². The van der Waals surface area contributed by atoms with Crippen LogP contribution in [0.5, 0.6) is 0 Å². The van der Waals surface area contributed by atoms with E-state index in [0.29, 0.717) is 0 Å². The number of piperazine rings is 1. The summed E-state index contributed by atoms with van der Waals surface area (Å²) in [6.45, 7) is 8.04. The van der Waals surface area contributed by atoms with Crippen LogP contribution in [0, 0.1) is 0 Å². The summed E-state index contributed by atoms with van der Waals surface area (Å²) in [5, 5.41) is 4.62. The Morgan fingerprint density at radius 1 is 1.18 bits per heavy atom. The van der Waals surface area contributed by atoms with Gasteiger partial charge in [0.25, 0.3) is 0 Å². The zero-order chi connectivity index (χ0) is 11.5. The van der Waals surface area contributed by atoms with E-state index in [2.05, 4.69) is 26.3 Å². The lowest BCUT2D eigenvalue weighted by Gasteiger charge is -2.26. The largest absolute Gasteiger partial charge is 0.348 e. The molecule has 0 atom stereocenters. The molecule has 0 bridgehead atoms. The van der Waals surface area contributed by atoms with Crippen LogP contribution in [0.2, 0.25) is 0 Å². The number of hydrogen-bond donors (Lipinski definition) is 1. The van der Waals surface area contributed by atoms with Crippen LogP contribution in [-0.4, -0.2) is 49.2 Å². The molecule has 3 rings (SSSR count). The monoisotopic (exact) mass is 252 g/mol. The Kier molecular flexibility index (Phi) is 3.59. The highest BCUT2D eigenvalue weighted by atomic mass is 32.1. The van der Waals surface area contributed by atoms with Crippen molar-refractivity contribution in [2.75, 3.05) is 44.2 Å². The molecule has 0 aliphatic carbocycles. The van der Waals surface area contributed by atoms with Crippen molar-refractivity contribution in [1.29, 1.82) is 0 Å². The third-order valence-electron chi connectivity index (χ3n) is 3.51. The molecule has 2 aliphatic rings.